The first-order valence-corrected chi connectivity index (χ1v) is 9.93. The molecule has 1 atom stereocenters. The van der Waals surface area contributed by atoms with Crippen LogP contribution in [-0.4, -0.2) is 49.6 Å². The number of piperazine rings is 1. The van der Waals surface area contributed by atoms with Crippen molar-refractivity contribution in [2.24, 2.45) is 0 Å². The van der Waals surface area contributed by atoms with Crippen LogP contribution >= 0.6 is 11.6 Å². The fourth-order valence-electron chi connectivity index (χ4n) is 3.47. The lowest BCUT2D eigenvalue weighted by Crippen LogP contribution is -2.61. The molecule has 32 heavy (non-hydrogen) atoms. The molecule has 168 valence electrons. The van der Waals surface area contributed by atoms with Crippen LogP contribution in [0.15, 0.2) is 42.5 Å². The van der Waals surface area contributed by atoms with Crippen molar-refractivity contribution in [3.63, 3.8) is 0 Å². The number of amides is 3. The summed E-state index contributed by atoms with van der Waals surface area (Å²) in [5.41, 5.74) is -0.874. The number of hydrogen-bond donors (Lipinski definition) is 2. The van der Waals surface area contributed by atoms with Gasteiger partial charge in [0.1, 0.15) is 6.04 Å². The third-order valence-electron chi connectivity index (χ3n) is 5.06. The summed E-state index contributed by atoms with van der Waals surface area (Å²) in [7, 11) is 1.41. The van der Waals surface area contributed by atoms with E-state index in [4.69, 9.17) is 16.9 Å². The molecule has 1 fully saturated rings. The lowest BCUT2D eigenvalue weighted by molar-refractivity contribution is -0.137. The van der Waals surface area contributed by atoms with Gasteiger partial charge in [0.25, 0.3) is 0 Å². The number of nitrogens with zero attached hydrogens (tertiary/aromatic N) is 3. The molecule has 3 amide bonds. The molecule has 0 saturated carbocycles. The first kappa shape index (κ1) is 23.2. The van der Waals surface area contributed by atoms with Crippen molar-refractivity contribution in [3.8, 4) is 6.07 Å². The Morgan fingerprint density at radius 2 is 1.94 bits per heavy atom. The molecule has 2 N–H and O–H groups in total. The highest BCUT2D eigenvalue weighted by molar-refractivity contribution is 6.30. The topological polar surface area (TPSA) is 88.5 Å². The number of nitriles is 1. The van der Waals surface area contributed by atoms with Gasteiger partial charge >= 0.3 is 12.2 Å². The Morgan fingerprint density at radius 3 is 2.56 bits per heavy atom. The summed E-state index contributed by atoms with van der Waals surface area (Å²) in [5.74, 6) is -0.458. The molecule has 3 rings (SSSR count). The zero-order valence-electron chi connectivity index (χ0n) is 16.9. The van der Waals surface area contributed by atoms with Gasteiger partial charge in [0.05, 0.1) is 17.2 Å². The Labute approximate surface area is 187 Å². The molecule has 1 unspecified atom stereocenters. The van der Waals surface area contributed by atoms with Gasteiger partial charge in [-0.15, -0.1) is 0 Å². The number of nitrogens with one attached hydrogen (secondary N) is 2. The summed E-state index contributed by atoms with van der Waals surface area (Å²) in [5, 5.41) is 14.6. The average Bonchev–Trinajstić information content (AvgIpc) is 2.77. The lowest BCUT2D eigenvalue weighted by Gasteiger charge is -2.41. The van der Waals surface area contributed by atoms with Gasteiger partial charge in [-0.25, -0.2) is 4.79 Å². The zero-order valence-corrected chi connectivity index (χ0v) is 17.7. The van der Waals surface area contributed by atoms with Gasteiger partial charge in [0.2, 0.25) is 5.91 Å². The average molecular weight is 466 g/mol. The van der Waals surface area contributed by atoms with Crippen LogP contribution in [-0.2, 0) is 11.0 Å². The van der Waals surface area contributed by atoms with Crippen LogP contribution < -0.4 is 15.5 Å². The molecular weight excluding hydrogens is 447 g/mol. The number of likely N-dealkylation sites (N-methyl/N-ethyl adjacent to an activating group) is 1. The van der Waals surface area contributed by atoms with Gasteiger partial charge in [-0.1, -0.05) is 17.7 Å². The highest BCUT2D eigenvalue weighted by Gasteiger charge is 2.37. The Hall–Kier alpha value is -3.45. The molecule has 0 aromatic heterocycles. The molecule has 2 aromatic carbocycles. The minimum atomic E-state index is -4.69. The van der Waals surface area contributed by atoms with E-state index in [1.54, 1.807) is 35.2 Å². The van der Waals surface area contributed by atoms with E-state index >= 15 is 0 Å². The van der Waals surface area contributed by atoms with Crippen LogP contribution in [0.3, 0.4) is 0 Å². The fourth-order valence-corrected chi connectivity index (χ4v) is 3.66. The minimum absolute atomic E-state index is 0.0220. The highest BCUT2D eigenvalue weighted by Crippen LogP contribution is 2.35. The molecule has 0 radical (unpaired) electrons. The number of carbonyl (C=O) groups excluding carboxylic acids is 2. The zero-order chi connectivity index (χ0) is 23.5. The molecular formula is C21H19ClF3N5O2. The van der Waals surface area contributed by atoms with E-state index < -0.39 is 35.3 Å². The second-order valence-electron chi connectivity index (χ2n) is 7.05. The van der Waals surface area contributed by atoms with Crippen molar-refractivity contribution in [2.75, 3.05) is 36.9 Å². The smallest absolute Gasteiger partial charge is 0.367 e. The molecule has 0 bridgehead atoms. The lowest BCUT2D eigenvalue weighted by atomic mass is 10.0. The van der Waals surface area contributed by atoms with E-state index in [0.717, 1.165) is 12.1 Å². The minimum Gasteiger partial charge on any atom is -0.367 e. The summed E-state index contributed by atoms with van der Waals surface area (Å²) in [6, 6.07) is 9.97. The van der Waals surface area contributed by atoms with Crippen molar-refractivity contribution in [2.45, 2.75) is 12.2 Å². The first-order chi connectivity index (χ1) is 15.1. The number of hydrogen-bond acceptors (Lipinski definition) is 4. The Kier molecular flexibility index (Phi) is 6.79. The van der Waals surface area contributed by atoms with Gasteiger partial charge < -0.3 is 20.4 Å². The molecule has 1 heterocycles. The molecule has 11 heteroatoms. The molecule has 2 aromatic rings. The molecule has 7 nitrogen and oxygen atoms in total. The largest absolute Gasteiger partial charge is 0.417 e. The Bertz CT molecular complexity index is 1070. The van der Waals surface area contributed by atoms with Gasteiger partial charge in [-0.3, -0.25) is 4.79 Å². The van der Waals surface area contributed by atoms with Crippen LogP contribution in [0, 0.1) is 11.3 Å². The summed E-state index contributed by atoms with van der Waals surface area (Å²) >= 11 is 5.93. The maximum Gasteiger partial charge on any atom is 0.417 e. The van der Waals surface area contributed by atoms with Gasteiger partial charge in [-0.2, -0.15) is 18.4 Å². The first-order valence-electron chi connectivity index (χ1n) is 9.55. The van der Waals surface area contributed by atoms with E-state index in [0.29, 0.717) is 10.7 Å². The van der Waals surface area contributed by atoms with Crippen molar-refractivity contribution >= 4 is 34.9 Å². The molecule has 0 aliphatic carbocycles. The Morgan fingerprint density at radius 1 is 1.19 bits per heavy atom. The summed E-state index contributed by atoms with van der Waals surface area (Å²) in [6.07, 6.45) is -4.69. The van der Waals surface area contributed by atoms with E-state index in [-0.39, 0.29) is 25.3 Å². The summed E-state index contributed by atoms with van der Waals surface area (Å²) < 4.78 is 40.0. The van der Waals surface area contributed by atoms with Crippen molar-refractivity contribution in [1.29, 1.82) is 5.26 Å². The number of anilines is 2. The summed E-state index contributed by atoms with van der Waals surface area (Å²) in [6.45, 7) is 0.261. The standard InChI is InChI=1S/C21H19ClF3N5O2/c1-27-19(31)18-12-29(16-6-5-13(11-26)17(10-16)21(23,24)25)7-8-30(18)20(32)28-15-4-2-3-14(22)9-15/h2-6,9-10,18H,7-8,12H2,1H3,(H,27,31)(H,28,32). The van der Waals surface area contributed by atoms with E-state index in [2.05, 4.69) is 10.6 Å². The number of carbonyl (C=O) groups is 2. The number of halogens is 4. The predicted molar refractivity (Wildman–Crippen MR) is 113 cm³/mol. The van der Waals surface area contributed by atoms with Crippen molar-refractivity contribution in [1.82, 2.24) is 10.2 Å². The highest BCUT2D eigenvalue weighted by atomic mass is 35.5. The molecule has 1 saturated heterocycles. The van der Waals surface area contributed by atoms with Gasteiger partial charge in [-0.05, 0) is 36.4 Å². The number of rotatable bonds is 3. The maximum atomic E-state index is 13.3. The van der Waals surface area contributed by atoms with Crippen LogP contribution in [0.4, 0.5) is 29.3 Å². The molecule has 1 aliphatic heterocycles. The molecule has 1 aliphatic rings. The monoisotopic (exact) mass is 465 g/mol. The normalized spacial score (nSPS) is 16.3. The number of alkyl halides is 3. The van der Waals surface area contributed by atoms with Crippen LogP contribution in [0.1, 0.15) is 11.1 Å². The fraction of sp³-hybridized carbons (Fsp3) is 0.286. The van der Waals surface area contributed by atoms with Crippen LogP contribution in [0.2, 0.25) is 5.02 Å². The third kappa shape index (κ3) is 5.06. The van der Waals surface area contributed by atoms with Gasteiger partial charge in [0.15, 0.2) is 0 Å². The number of urea groups is 1. The van der Waals surface area contributed by atoms with E-state index in [1.165, 1.54) is 18.0 Å². The second kappa shape index (κ2) is 9.36. The summed E-state index contributed by atoms with van der Waals surface area (Å²) in [4.78, 5) is 28.2. The van der Waals surface area contributed by atoms with E-state index in [9.17, 15) is 22.8 Å². The quantitative estimate of drug-likeness (QED) is 0.723. The molecule has 0 spiro atoms. The third-order valence-corrected chi connectivity index (χ3v) is 5.30. The van der Waals surface area contributed by atoms with E-state index in [1.807, 2.05) is 0 Å². The van der Waals surface area contributed by atoms with Crippen molar-refractivity contribution in [3.05, 3.63) is 58.6 Å². The van der Waals surface area contributed by atoms with Crippen LogP contribution in [0.25, 0.3) is 0 Å². The van der Waals surface area contributed by atoms with Gasteiger partial charge in [0, 0.05) is 43.1 Å². The maximum absolute atomic E-state index is 13.3. The second-order valence-corrected chi connectivity index (χ2v) is 7.49. The SMILES string of the molecule is CNC(=O)C1CN(c2ccc(C#N)c(C(F)(F)F)c2)CCN1C(=O)Nc1cccc(Cl)c1. The predicted octanol–water partition coefficient (Wildman–Crippen LogP) is 3.70. The Balaban J connectivity index is 1.84. The van der Waals surface area contributed by atoms with Crippen molar-refractivity contribution < 1.29 is 22.8 Å². The van der Waals surface area contributed by atoms with Crippen LogP contribution in [0.5, 0.6) is 0 Å². The number of benzene rings is 2.